The SMILES string of the molecule is CCN1CCN(C(=O)c2cc3nc(C)ccc3o2)C(C)(C)C1=O. The van der Waals surface area contributed by atoms with E-state index < -0.39 is 5.54 Å². The van der Waals surface area contributed by atoms with E-state index in [1.807, 2.05) is 19.9 Å². The number of aryl methyl sites for hydroxylation is 1. The van der Waals surface area contributed by atoms with Gasteiger partial charge in [0.2, 0.25) is 5.91 Å². The molecule has 6 nitrogen and oxygen atoms in total. The predicted octanol–water partition coefficient (Wildman–Crippen LogP) is 2.22. The Morgan fingerprint density at radius 3 is 2.78 bits per heavy atom. The zero-order valence-electron chi connectivity index (χ0n) is 13.9. The molecule has 0 N–H and O–H groups in total. The van der Waals surface area contributed by atoms with E-state index in [4.69, 9.17) is 4.42 Å². The average molecular weight is 315 g/mol. The van der Waals surface area contributed by atoms with Crippen LogP contribution in [0.25, 0.3) is 11.1 Å². The first-order valence-electron chi connectivity index (χ1n) is 7.83. The van der Waals surface area contributed by atoms with Gasteiger partial charge in [0.05, 0.1) is 0 Å². The van der Waals surface area contributed by atoms with E-state index in [-0.39, 0.29) is 17.6 Å². The maximum atomic E-state index is 12.8. The minimum Gasteiger partial charge on any atom is -0.449 e. The lowest BCUT2D eigenvalue weighted by atomic mass is 9.97. The molecule has 3 rings (SSSR count). The summed E-state index contributed by atoms with van der Waals surface area (Å²) in [5.41, 5.74) is 1.22. The summed E-state index contributed by atoms with van der Waals surface area (Å²) in [7, 11) is 0. The van der Waals surface area contributed by atoms with Gasteiger partial charge in [-0.05, 0) is 39.8 Å². The molecule has 0 spiro atoms. The third kappa shape index (κ3) is 2.48. The highest BCUT2D eigenvalue weighted by atomic mass is 16.3. The maximum absolute atomic E-state index is 12.8. The molecule has 0 bridgehead atoms. The fourth-order valence-corrected chi connectivity index (χ4v) is 3.03. The van der Waals surface area contributed by atoms with Crippen LogP contribution < -0.4 is 0 Å². The molecule has 2 aromatic rings. The molecule has 0 aliphatic carbocycles. The van der Waals surface area contributed by atoms with Crippen molar-refractivity contribution in [1.82, 2.24) is 14.8 Å². The molecule has 1 aliphatic rings. The smallest absolute Gasteiger partial charge is 0.290 e. The molecule has 2 aromatic heterocycles. The average Bonchev–Trinajstić information content (AvgIpc) is 2.92. The Bertz CT molecular complexity index is 778. The molecule has 3 heterocycles. The van der Waals surface area contributed by atoms with Crippen LogP contribution in [0.2, 0.25) is 0 Å². The summed E-state index contributed by atoms with van der Waals surface area (Å²) in [5, 5.41) is 0. The van der Waals surface area contributed by atoms with E-state index in [2.05, 4.69) is 4.98 Å². The monoisotopic (exact) mass is 315 g/mol. The number of amides is 2. The van der Waals surface area contributed by atoms with Crippen LogP contribution in [-0.4, -0.2) is 51.8 Å². The summed E-state index contributed by atoms with van der Waals surface area (Å²) in [6, 6.07) is 5.30. The van der Waals surface area contributed by atoms with Gasteiger partial charge < -0.3 is 14.2 Å². The summed E-state index contributed by atoms with van der Waals surface area (Å²) in [5.74, 6) is -0.0802. The second-order valence-electron chi connectivity index (χ2n) is 6.35. The minimum atomic E-state index is -0.881. The van der Waals surface area contributed by atoms with Crippen molar-refractivity contribution in [3.8, 4) is 0 Å². The second kappa shape index (κ2) is 5.37. The fourth-order valence-electron chi connectivity index (χ4n) is 3.03. The Labute approximate surface area is 135 Å². The largest absolute Gasteiger partial charge is 0.449 e. The van der Waals surface area contributed by atoms with E-state index in [0.29, 0.717) is 30.7 Å². The van der Waals surface area contributed by atoms with Gasteiger partial charge in [-0.25, -0.2) is 4.98 Å². The lowest BCUT2D eigenvalue weighted by Gasteiger charge is -2.45. The summed E-state index contributed by atoms with van der Waals surface area (Å²) in [4.78, 5) is 33.1. The fraction of sp³-hybridized carbons (Fsp3) is 0.471. The van der Waals surface area contributed by atoms with Crippen LogP contribution in [0.15, 0.2) is 22.6 Å². The highest BCUT2D eigenvalue weighted by Gasteiger charge is 2.44. The standard InChI is InChI=1S/C17H21N3O3/c1-5-19-8-9-20(17(3,4)16(19)22)15(21)14-10-12-13(23-14)7-6-11(2)18-12/h6-7,10H,5,8-9H2,1-4H3. The lowest BCUT2D eigenvalue weighted by molar-refractivity contribution is -0.146. The predicted molar refractivity (Wildman–Crippen MR) is 86.1 cm³/mol. The van der Waals surface area contributed by atoms with Gasteiger partial charge in [0, 0.05) is 31.4 Å². The molecule has 0 saturated carbocycles. The Balaban J connectivity index is 1.93. The number of likely N-dealkylation sites (N-methyl/N-ethyl adjacent to an activating group) is 1. The molecule has 0 radical (unpaired) electrons. The third-order valence-electron chi connectivity index (χ3n) is 4.43. The van der Waals surface area contributed by atoms with Gasteiger partial charge in [0.15, 0.2) is 11.3 Å². The van der Waals surface area contributed by atoms with Crippen molar-refractivity contribution in [2.45, 2.75) is 33.2 Å². The molecule has 0 unspecified atom stereocenters. The molecular weight excluding hydrogens is 294 g/mol. The van der Waals surface area contributed by atoms with Gasteiger partial charge in [0.25, 0.3) is 5.91 Å². The molecule has 122 valence electrons. The topological polar surface area (TPSA) is 66.7 Å². The van der Waals surface area contributed by atoms with Crippen LogP contribution in [0.3, 0.4) is 0 Å². The molecule has 0 atom stereocenters. The molecule has 0 aromatic carbocycles. The summed E-state index contributed by atoms with van der Waals surface area (Å²) >= 11 is 0. The first kappa shape index (κ1) is 15.5. The minimum absolute atomic E-state index is 0.0373. The molecule has 6 heteroatoms. The van der Waals surface area contributed by atoms with Gasteiger partial charge >= 0.3 is 0 Å². The Hall–Kier alpha value is -2.37. The second-order valence-corrected chi connectivity index (χ2v) is 6.35. The molecule has 1 aliphatic heterocycles. The van der Waals surface area contributed by atoms with Crippen LogP contribution in [0, 0.1) is 6.92 Å². The number of hydrogen-bond acceptors (Lipinski definition) is 4. The van der Waals surface area contributed by atoms with Crippen LogP contribution in [0.1, 0.15) is 37.0 Å². The summed E-state index contributed by atoms with van der Waals surface area (Å²) in [6.07, 6.45) is 0. The van der Waals surface area contributed by atoms with Crippen LogP contribution >= 0.6 is 0 Å². The maximum Gasteiger partial charge on any atom is 0.290 e. The van der Waals surface area contributed by atoms with Gasteiger partial charge in [-0.3, -0.25) is 9.59 Å². The van der Waals surface area contributed by atoms with E-state index in [0.717, 1.165) is 5.69 Å². The summed E-state index contributed by atoms with van der Waals surface area (Å²) in [6.45, 7) is 9.08. The van der Waals surface area contributed by atoms with Crippen LogP contribution in [-0.2, 0) is 4.79 Å². The molecular formula is C17H21N3O3. The number of nitrogens with zero attached hydrogens (tertiary/aromatic N) is 3. The number of fused-ring (bicyclic) bond motifs is 1. The quantitative estimate of drug-likeness (QED) is 0.852. The molecule has 23 heavy (non-hydrogen) atoms. The van der Waals surface area contributed by atoms with Crippen LogP contribution in [0.4, 0.5) is 0 Å². The normalized spacial score (nSPS) is 17.8. The highest BCUT2D eigenvalue weighted by molar-refractivity contribution is 6.00. The van der Waals surface area contributed by atoms with E-state index in [1.54, 1.807) is 35.8 Å². The van der Waals surface area contributed by atoms with Crippen molar-refractivity contribution in [2.24, 2.45) is 0 Å². The lowest BCUT2D eigenvalue weighted by Crippen LogP contribution is -2.64. The number of aromatic nitrogens is 1. The molecule has 2 amide bonds. The van der Waals surface area contributed by atoms with E-state index in [1.165, 1.54) is 0 Å². The van der Waals surface area contributed by atoms with Crippen molar-refractivity contribution in [2.75, 3.05) is 19.6 Å². The first-order valence-corrected chi connectivity index (χ1v) is 7.83. The number of pyridine rings is 1. The van der Waals surface area contributed by atoms with Crippen molar-refractivity contribution in [3.63, 3.8) is 0 Å². The number of rotatable bonds is 2. The van der Waals surface area contributed by atoms with Crippen molar-refractivity contribution < 1.29 is 14.0 Å². The zero-order valence-corrected chi connectivity index (χ0v) is 13.9. The number of carbonyl (C=O) groups is 2. The number of hydrogen-bond donors (Lipinski definition) is 0. The third-order valence-corrected chi connectivity index (χ3v) is 4.43. The highest BCUT2D eigenvalue weighted by Crippen LogP contribution is 2.26. The first-order chi connectivity index (χ1) is 10.8. The van der Waals surface area contributed by atoms with Crippen molar-refractivity contribution in [3.05, 3.63) is 29.7 Å². The van der Waals surface area contributed by atoms with Crippen LogP contribution in [0.5, 0.6) is 0 Å². The van der Waals surface area contributed by atoms with E-state index >= 15 is 0 Å². The van der Waals surface area contributed by atoms with Gasteiger partial charge in [0.1, 0.15) is 11.1 Å². The van der Waals surface area contributed by atoms with Crippen molar-refractivity contribution in [1.29, 1.82) is 0 Å². The number of furan rings is 1. The Kier molecular flexibility index (Phi) is 3.62. The summed E-state index contributed by atoms with van der Waals surface area (Å²) < 4.78 is 5.64. The Morgan fingerprint density at radius 1 is 1.35 bits per heavy atom. The van der Waals surface area contributed by atoms with Gasteiger partial charge in [-0.2, -0.15) is 0 Å². The zero-order chi connectivity index (χ0) is 16.8. The molecule has 1 fully saturated rings. The van der Waals surface area contributed by atoms with E-state index in [9.17, 15) is 9.59 Å². The van der Waals surface area contributed by atoms with Gasteiger partial charge in [-0.15, -0.1) is 0 Å². The number of carbonyl (C=O) groups excluding carboxylic acids is 2. The van der Waals surface area contributed by atoms with Crippen molar-refractivity contribution >= 4 is 22.9 Å². The molecule has 1 saturated heterocycles. The Morgan fingerprint density at radius 2 is 2.09 bits per heavy atom. The van der Waals surface area contributed by atoms with Gasteiger partial charge in [-0.1, -0.05) is 0 Å². The number of piperazine rings is 1.